The van der Waals surface area contributed by atoms with E-state index in [0.29, 0.717) is 0 Å². The van der Waals surface area contributed by atoms with Gasteiger partial charge in [0.2, 0.25) is 0 Å². The lowest BCUT2D eigenvalue weighted by atomic mass is 10.1. The van der Waals surface area contributed by atoms with E-state index in [9.17, 15) is 0 Å². The molecule has 0 saturated carbocycles. The van der Waals surface area contributed by atoms with E-state index in [-0.39, 0.29) is 0 Å². The third kappa shape index (κ3) is 2.50. The third-order valence-corrected chi connectivity index (χ3v) is 3.11. The van der Waals surface area contributed by atoms with Crippen molar-refractivity contribution in [3.63, 3.8) is 0 Å². The second-order valence-corrected chi connectivity index (χ2v) is 4.90. The molecular weight excluding hydrogens is 208 g/mol. The molecule has 2 heteroatoms. The van der Waals surface area contributed by atoms with E-state index in [1.165, 1.54) is 18.4 Å². The molecule has 0 aliphatic rings. The number of benzene rings is 1. The van der Waals surface area contributed by atoms with E-state index < -0.39 is 0 Å². The van der Waals surface area contributed by atoms with Crippen molar-refractivity contribution in [1.82, 2.24) is 4.57 Å². The maximum absolute atomic E-state index is 9.03. The minimum absolute atomic E-state index is 0.756. The highest BCUT2D eigenvalue weighted by Gasteiger charge is 2.04. The van der Waals surface area contributed by atoms with Crippen LogP contribution in [0.4, 0.5) is 0 Å². The van der Waals surface area contributed by atoms with Crippen LogP contribution in [-0.2, 0) is 6.54 Å². The number of fused-ring (bicyclic) bond motifs is 1. The first kappa shape index (κ1) is 11.7. The topological polar surface area (TPSA) is 28.7 Å². The Bertz CT molecular complexity index is 544. The predicted molar refractivity (Wildman–Crippen MR) is 70.7 cm³/mol. The van der Waals surface area contributed by atoms with Crippen LogP contribution in [0.5, 0.6) is 0 Å². The average molecular weight is 226 g/mol. The molecule has 0 radical (unpaired) electrons. The van der Waals surface area contributed by atoms with Crippen molar-refractivity contribution in [3.05, 3.63) is 36.0 Å². The van der Waals surface area contributed by atoms with Gasteiger partial charge in [-0.25, -0.2) is 0 Å². The van der Waals surface area contributed by atoms with Gasteiger partial charge in [-0.1, -0.05) is 19.9 Å². The molecule has 2 nitrogen and oxygen atoms in total. The van der Waals surface area contributed by atoms with Gasteiger partial charge < -0.3 is 4.57 Å². The minimum Gasteiger partial charge on any atom is -0.347 e. The maximum Gasteiger partial charge on any atom is 0.0998 e. The Morgan fingerprint density at radius 2 is 2.12 bits per heavy atom. The molecule has 0 fully saturated rings. The molecule has 0 aliphatic heterocycles. The highest BCUT2D eigenvalue weighted by atomic mass is 14.9. The highest BCUT2D eigenvalue weighted by Crippen LogP contribution is 2.20. The Labute approximate surface area is 102 Å². The number of rotatable bonds is 4. The summed E-state index contributed by atoms with van der Waals surface area (Å²) in [6, 6.07) is 10.2. The number of hydrogen-bond donors (Lipinski definition) is 0. The number of hydrogen-bond acceptors (Lipinski definition) is 1. The van der Waals surface area contributed by atoms with Gasteiger partial charge in [0.25, 0.3) is 0 Å². The Morgan fingerprint density at radius 1 is 1.29 bits per heavy atom. The number of aromatic nitrogens is 1. The lowest BCUT2D eigenvalue weighted by Crippen LogP contribution is -1.98. The Balaban J connectivity index is 2.22. The number of nitriles is 1. The van der Waals surface area contributed by atoms with E-state index in [1.54, 1.807) is 0 Å². The molecular formula is C15H18N2. The number of nitrogens with zero attached hydrogens (tertiary/aromatic N) is 2. The van der Waals surface area contributed by atoms with Gasteiger partial charge in [0.05, 0.1) is 11.6 Å². The predicted octanol–water partition coefficient (Wildman–Crippen LogP) is 3.95. The summed E-state index contributed by atoms with van der Waals surface area (Å²) < 4.78 is 2.25. The molecule has 0 N–H and O–H groups in total. The van der Waals surface area contributed by atoms with E-state index >= 15 is 0 Å². The lowest BCUT2D eigenvalue weighted by Gasteiger charge is -2.07. The third-order valence-electron chi connectivity index (χ3n) is 3.11. The van der Waals surface area contributed by atoms with Crippen molar-refractivity contribution >= 4 is 10.9 Å². The molecule has 0 amide bonds. The molecule has 0 unspecified atom stereocenters. The molecule has 0 atom stereocenters. The summed E-state index contributed by atoms with van der Waals surface area (Å²) in [5, 5.41) is 10.1. The fourth-order valence-corrected chi connectivity index (χ4v) is 2.19. The molecule has 2 rings (SSSR count). The van der Waals surface area contributed by atoms with Crippen LogP contribution in [0.2, 0.25) is 0 Å². The van der Waals surface area contributed by atoms with E-state index in [1.807, 2.05) is 18.2 Å². The minimum atomic E-state index is 0.756. The van der Waals surface area contributed by atoms with E-state index in [0.717, 1.165) is 23.4 Å². The summed E-state index contributed by atoms with van der Waals surface area (Å²) in [5.74, 6) is 0.756. The summed E-state index contributed by atoms with van der Waals surface area (Å²) in [6.07, 6.45) is 4.53. The van der Waals surface area contributed by atoms with Crippen molar-refractivity contribution < 1.29 is 0 Å². The molecule has 1 heterocycles. The van der Waals surface area contributed by atoms with Crippen molar-refractivity contribution in [2.75, 3.05) is 0 Å². The van der Waals surface area contributed by atoms with Gasteiger partial charge in [-0.2, -0.15) is 5.26 Å². The average Bonchev–Trinajstić information content (AvgIpc) is 2.72. The van der Waals surface area contributed by atoms with Gasteiger partial charge in [0.15, 0.2) is 0 Å². The zero-order chi connectivity index (χ0) is 12.3. The molecule has 1 aromatic heterocycles. The van der Waals surface area contributed by atoms with Crippen molar-refractivity contribution in [1.29, 1.82) is 5.26 Å². The van der Waals surface area contributed by atoms with Crippen molar-refractivity contribution in [2.24, 2.45) is 5.92 Å². The van der Waals surface area contributed by atoms with Crippen LogP contribution >= 0.6 is 0 Å². The van der Waals surface area contributed by atoms with E-state index in [4.69, 9.17) is 5.26 Å². The van der Waals surface area contributed by atoms with Gasteiger partial charge in [0, 0.05) is 23.6 Å². The smallest absolute Gasteiger partial charge is 0.0998 e. The molecule has 0 spiro atoms. The summed E-state index contributed by atoms with van der Waals surface area (Å²) in [7, 11) is 0. The first-order chi connectivity index (χ1) is 8.22. The molecule has 1 aromatic carbocycles. The zero-order valence-electron chi connectivity index (χ0n) is 10.5. The van der Waals surface area contributed by atoms with Crippen LogP contribution in [0.1, 0.15) is 32.3 Å². The van der Waals surface area contributed by atoms with Crippen LogP contribution in [0.15, 0.2) is 30.5 Å². The second kappa shape index (κ2) is 5.05. The molecule has 0 aliphatic carbocycles. The SMILES string of the molecule is CC(C)CCCn1ccc2c(C#N)cccc21. The van der Waals surface area contributed by atoms with Gasteiger partial charge in [-0.05, 0) is 37.0 Å². The van der Waals surface area contributed by atoms with Gasteiger partial charge in [0.1, 0.15) is 0 Å². The lowest BCUT2D eigenvalue weighted by molar-refractivity contribution is 0.518. The fourth-order valence-electron chi connectivity index (χ4n) is 2.19. The Hall–Kier alpha value is -1.75. The summed E-state index contributed by atoms with van der Waals surface area (Å²) in [4.78, 5) is 0. The van der Waals surface area contributed by atoms with Crippen LogP contribution < -0.4 is 0 Å². The van der Waals surface area contributed by atoms with Crippen LogP contribution in [0.3, 0.4) is 0 Å². The zero-order valence-corrected chi connectivity index (χ0v) is 10.5. The molecule has 88 valence electrons. The second-order valence-electron chi connectivity index (χ2n) is 4.90. The largest absolute Gasteiger partial charge is 0.347 e. The van der Waals surface area contributed by atoms with Crippen molar-refractivity contribution in [3.8, 4) is 6.07 Å². The molecule has 0 saturated heterocycles. The molecule has 0 bridgehead atoms. The maximum atomic E-state index is 9.03. The van der Waals surface area contributed by atoms with Gasteiger partial charge >= 0.3 is 0 Å². The molecule has 17 heavy (non-hydrogen) atoms. The fraction of sp³-hybridized carbons (Fsp3) is 0.400. The number of aryl methyl sites for hydroxylation is 1. The first-order valence-corrected chi connectivity index (χ1v) is 6.20. The summed E-state index contributed by atoms with van der Waals surface area (Å²) in [5.41, 5.74) is 1.94. The monoisotopic (exact) mass is 226 g/mol. The normalized spacial score (nSPS) is 10.9. The van der Waals surface area contributed by atoms with Gasteiger partial charge in [-0.3, -0.25) is 0 Å². The van der Waals surface area contributed by atoms with Crippen LogP contribution in [0, 0.1) is 17.2 Å². The van der Waals surface area contributed by atoms with Crippen LogP contribution in [0.25, 0.3) is 10.9 Å². The van der Waals surface area contributed by atoms with Gasteiger partial charge in [-0.15, -0.1) is 0 Å². The Morgan fingerprint density at radius 3 is 2.82 bits per heavy atom. The van der Waals surface area contributed by atoms with E-state index in [2.05, 4.69) is 36.7 Å². The Kier molecular flexibility index (Phi) is 3.49. The highest BCUT2D eigenvalue weighted by molar-refractivity contribution is 5.85. The quantitative estimate of drug-likeness (QED) is 0.776. The first-order valence-electron chi connectivity index (χ1n) is 6.20. The van der Waals surface area contributed by atoms with Crippen molar-refractivity contribution in [2.45, 2.75) is 33.2 Å². The summed E-state index contributed by atoms with van der Waals surface area (Å²) in [6.45, 7) is 5.54. The van der Waals surface area contributed by atoms with Crippen LogP contribution in [-0.4, -0.2) is 4.57 Å². The molecule has 2 aromatic rings. The standard InChI is InChI=1S/C15H18N2/c1-12(2)5-4-9-17-10-8-14-13(11-16)6-3-7-15(14)17/h3,6-8,10,12H,4-5,9H2,1-2H3. The summed E-state index contributed by atoms with van der Waals surface area (Å²) >= 11 is 0.